The average Bonchev–Trinajstić information content (AvgIpc) is 2.71. The largest absolute Gasteiger partial charge is 0.349 e. The standard InChI is InChI=1S/C26H32NOP/c1-18-15-23(21-10-8-20(9-11-21)7-5-6-14-29)16-25-19(2)22(12-13-24(18)25)17-26(28)27(3)4/h8-13,15H,1,5-7,14,16-17,29H2,2-4H3. The molecule has 2 aromatic carbocycles. The first kappa shape index (κ1) is 21.5. The number of nitrogens with zero attached hydrogens (tertiary/aromatic N) is 1. The van der Waals surface area contributed by atoms with Gasteiger partial charge >= 0.3 is 0 Å². The molecule has 0 N–H and O–H groups in total. The summed E-state index contributed by atoms with van der Waals surface area (Å²) in [6, 6.07) is 13.2. The van der Waals surface area contributed by atoms with Crippen LogP contribution in [0.15, 0.2) is 49.1 Å². The molecule has 2 aromatic rings. The van der Waals surface area contributed by atoms with Crippen molar-refractivity contribution in [1.82, 2.24) is 4.90 Å². The van der Waals surface area contributed by atoms with E-state index in [1.807, 2.05) is 14.1 Å². The molecule has 0 fully saturated rings. The SMILES string of the molecule is C=C1C=C(c2ccc(CCCCP)cc2)Cc2c1ccc(CC(=O)N(C)C)c2C. The number of aryl methyl sites for hydroxylation is 1. The van der Waals surface area contributed by atoms with Crippen molar-refractivity contribution < 1.29 is 4.79 Å². The van der Waals surface area contributed by atoms with Crippen molar-refractivity contribution in [1.29, 1.82) is 0 Å². The molecular formula is C26H32NOP. The maximum Gasteiger partial charge on any atom is 0.226 e. The number of hydrogen-bond donors (Lipinski definition) is 0. The second-order valence-corrected chi connectivity index (χ2v) is 8.73. The van der Waals surface area contributed by atoms with Crippen LogP contribution in [0.5, 0.6) is 0 Å². The Morgan fingerprint density at radius 1 is 1.10 bits per heavy atom. The maximum absolute atomic E-state index is 12.2. The highest BCUT2D eigenvalue weighted by Gasteiger charge is 2.20. The summed E-state index contributed by atoms with van der Waals surface area (Å²) < 4.78 is 0. The number of allylic oxidation sites excluding steroid dienone is 3. The third-order valence-corrected chi connectivity index (χ3v) is 6.27. The smallest absolute Gasteiger partial charge is 0.226 e. The Labute approximate surface area is 177 Å². The van der Waals surface area contributed by atoms with Crippen molar-refractivity contribution in [2.24, 2.45) is 0 Å². The van der Waals surface area contributed by atoms with Gasteiger partial charge in [-0.05, 0) is 83.3 Å². The Kier molecular flexibility index (Phi) is 7.09. The molecule has 0 spiro atoms. The molecule has 1 aliphatic rings. The normalized spacial score (nSPS) is 13.1. The van der Waals surface area contributed by atoms with Crippen LogP contribution < -0.4 is 0 Å². The van der Waals surface area contributed by atoms with Gasteiger partial charge in [-0.25, -0.2) is 0 Å². The van der Waals surface area contributed by atoms with Crippen molar-refractivity contribution in [2.75, 3.05) is 20.3 Å². The lowest BCUT2D eigenvalue weighted by Gasteiger charge is -2.23. The average molecular weight is 406 g/mol. The molecule has 0 heterocycles. The number of unbranched alkanes of at least 4 members (excludes halogenated alkanes) is 1. The topological polar surface area (TPSA) is 20.3 Å². The zero-order valence-corrected chi connectivity index (χ0v) is 19.1. The van der Waals surface area contributed by atoms with Crippen LogP contribution in [-0.4, -0.2) is 31.1 Å². The first-order valence-corrected chi connectivity index (χ1v) is 11.2. The summed E-state index contributed by atoms with van der Waals surface area (Å²) in [4.78, 5) is 13.9. The summed E-state index contributed by atoms with van der Waals surface area (Å²) in [7, 11) is 6.42. The lowest BCUT2D eigenvalue weighted by molar-refractivity contribution is -0.127. The second-order valence-electron chi connectivity index (χ2n) is 8.16. The number of carbonyl (C=O) groups is 1. The molecule has 0 bridgehead atoms. The minimum absolute atomic E-state index is 0.135. The Balaban J connectivity index is 1.83. The summed E-state index contributed by atoms with van der Waals surface area (Å²) in [5, 5.41) is 0. The van der Waals surface area contributed by atoms with Gasteiger partial charge in [0.2, 0.25) is 5.91 Å². The summed E-state index contributed by atoms with van der Waals surface area (Å²) >= 11 is 0. The van der Waals surface area contributed by atoms with Crippen LogP contribution in [0.4, 0.5) is 0 Å². The van der Waals surface area contributed by atoms with Gasteiger partial charge < -0.3 is 4.90 Å². The van der Waals surface area contributed by atoms with Crippen molar-refractivity contribution in [3.8, 4) is 0 Å². The summed E-state index contributed by atoms with van der Waals surface area (Å²) in [6.07, 6.45) is 8.37. The van der Waals surface area contributed by atoms with Gasteiger partial charge in [-0.1, -0.05) is 49.1 Å². The third-order valence-electron chi connectivity index (χ3n) is 5.86. The van der Waals surface area contributed by atoms with Gasteiger partial charge in [0.15, 0.2) is 0 Å². The number of amides is 1. The predicted molar refractivity (Wildman–Crippen MR) is 128 cm³/mol. The van der Waals surface area contributed by atoms with Gasteiger partial charge in [0.1, 0.15) is 0 Å². The van der Waals surface area contributed by atoms with E-state index in [1.54, 1.807) is 4.90 Å². The maximum atomic E-state index is 12.2. The van der Waals surface area contributed by atoms with E-state index in [9.17, 15) is 4.79 Å². The van der Waals surface area contributed by atoms with Crippen molar-refractivity contribution >= 4 is 26.3 Å². The van der Waals surface area contributed by atoms with Crippen LogP contribution >= 0.6 is 9.24 Å². The van der Waals surface area contributed by atoms with E-state index in [2.05, 4.69) is 65.2 Å². The fourth-order valence-electron chi connectivity index (χ4n) is 3.92. The van der Waals surface area contributed by atoms with Gasteiger partial charge in [0.05, 0.1) is 6.42 Å². The molecule has 0 saturated heterocycles. The molecule has 1 amide bonds. The zero-order valence-electron chi connectivity index (χ0n) is 17.9. The van der Waals surface area contributed by atoms with Crippen LogP contribution in [0.3, 0.4) is 0 Å². The Morgan fingerprint density at radius 2 is 1.83 bits per heavy atom. The number of carbonyl (C=O) groups excluding carboxylic acids is 1. The highest BCUT2D eigenvalue weighted by Crippen LogP contribution is 2.36. The van der Waals surface area contributed by atoms with E-state index < -0.39 is 0 Å². The minimum atomic E-state index is 0.135. The fraction of sp³-hybridized carbons (Fsp3) is 0.346. The molecule has 0 aliphatic heterocycles. The highest BCUT2D eigenvalue weighted by atomic mass is 31.0. The van der Waals surface area contributed by atoms with E-state index in [4.69, 9.17) is 0 Å². The van der Waals surface area contributed by atoms with E-state index in [1.165, 1.54) is 52.4 Å². The summed E-state index contributed by atoms with van der Waals surface area (Å²) in [5.74, 6) is 0.135. The van der Waals surface area contributed by atoms with Crippen molar-refractivity contribution in [3.63, 3.8) is 0 Å². The molecule has 3 heteroatoms. The Morgan fingerprint density at radius 3 is 2.48 bits per heavy atom. The molecule has 1 unspecified atom stereocenters. The summed E-state index contributed by atoms with van der Waals surface area (Å²) in [6.45, 7) is 6.45. The molecule has 3 rings (SSSR count). The van der Waals surface area contributed by atoms with Crippen LogP contribution in [0.1, 0.15) is 46.2 Å². The molecular weight excluding hydrogens is 373 g/mol. The molecule has 152 valence electrons. The van der Waals surface area contributed by atoms with E-state index in [0.717, 1.165) is 24.0 Å². The minimum Gasteiger partial charge on any atom is -0.349 e. The van der Waals surface area contributed by atoms with Crippen molar-refractivity contribution in [3.05, 3.63) is 82.4 Å². The molecule has 1 atom stereocenters. The van der Waals surface area contributed by atoms with E-state index in [0.29, 0.717) is 6.42 Å². The van der Waals surface area contributed by atoms with Crippen LogP contribution in [-0.2, 0) is 24.1 Å². The zero-order chi connectivity index (χ0) is 21.0. The van der Waals surface area contributed by atoms with Gasteiger partial charge in [-0.2, -0.15) is 0 Å². The van der Waals surface area contributed by atoms with E-state index in [-0.39, 0.29) is 5.91 Å². The second kappa shape index (κ2) is 9.55. The van der Waals surface area contributed by atoms with Crippen LogP contribution in [0.25, 0.3) is 11.1 Å². The van der Waals surface area contributed by atoms with E-state index >= 15 is 0 Å². The van der Waals surface area contributed by atoms with Gasteiger partial charge in [0, 0.05) is 14.1 Å². The lowest BCUT2D eigenvalue weighted by atomic mass is 9.81. The summed E-state index contributed by atoms with van der Waals surface area (Å²) in [5.41, 5.74) is 9.88. The molecule has 0 radical (unpaired) electrons. The van der Waals surface area contributed by atoms with Gasteiger partial charge in [-0.3, -0.25) is 4.79 Å². The molecule has 2 nitrogen and oxygen atoms in total. The molecule has 0 saturated carbocycles. The van der Waals surface area contributed by atoms with Crippen LogP contribution in [0, 0.1) is 6.92 Å². The number of hydrogen-bond acceptors (Lipinski definition) is 1. The fourth-order valence-corrected chi connectivity index (χ4v) is 4.21. The molecule has 29 heavy (non-hydrogen) atoms. The molecule has 0 aromatic heterocycles. The number of fused-ring (bicyclic) bond motifs is 1. The third kappa shape index (κ3) is 5.06. The monoisotopic (exact) mass is 405 g/mol. The lowest BCUT2D eigenvalue weighted by Crippen LogP contribution is -2.24. The Bertz CT molecular complexity index is 938. The first-order valence-electron chi connectivity index (χ1n) is 10.4. The highest BCUT2D eigenvalue weighted by molar-refractivity contribution is 7.16. The van der Waals surface area contributed by atoms with Gasteiger partial charge in [0.25, 0.3) is 0 Å². The Hall–Kier alpha value is -2.18. The molecule has 1 aliphatic carbocycles. The number of likely N-dealkylation sites (N-methyl/N-ethyl adjacent to an activating group) is 1. The number of benzene rings is 2. The predicted octanol–water partition coefficient (Wildman–Crippen LogP) is 5.48. The first-order chi connectivity index (χ1) is 13.9. The van der Waals surface area contributed by atoms with Crippen LogP contribution in [0.2, 0.25) is 0 Å². The number of rotatable bonds is 7. The quantitative estimate of drug-likeness (QED) is 0.441. The van der Waals surface area contributed by atoms with Crippen molar-refractivity contribution in [2.45, 2.75) is 39.0 Å². The van der Waals surface area contributed by atoms with Gasteiger partial charge in [-0.15, -0.1) is 9.24 Å².